The third kappa shape index (κ3) is 5.27. The molecule has 0 saturated heterocycles. The summed E-state index contributed by atoms with van der Waals surface area (Å²) in [6, 6.07) is 6.66. The summed E-state index contributed by atoms with van der Waals surface area (Å²) in [6.45, 7) is 2.22. The molecule has 0 amide bonds. The molecule has 2 atom stereocenters. The van der Waals surface area contributed by atoms with E-state index in [4.69, 9.17) is 24.4 Å². The van der Waals surface area contributed by atoms with Crippen LogP contribution in [-0.4, -0.2) is 21.2 Å². The number of hydrazine groups is 1. The van der Waals surface area contributed by atoms with Crippen molar-refractivity contribution in [1.29, 1.82) is 0 Å². The van der Waals surface area contributed by atoms with Crippen molar-refractivity contribution in [2.45, 2.75) is 38.6 Å². The molecule has 4 N–H and O–H groups in total. The Hall–Kier alpha value is -2.00. The van der Waals surface area contributed by atoms with Crippen molar-refractivity contribution in [2.75, 3.05) is 5.32 Å². The van der Waals surface area contributed by atoms with Gasteiger partial charge in [0, 0.05) is 12.1 Å². The van der Waals surface area contributed by atoms with Crippen molar-refractivity contribution in [1.82, 2.24) is 16.2 Å². The molecular formula is C15H21N5O2S2. The Bertz CT molecular complexity index is 626. The number of hydrogen-bond donors (Lipinski definition) is 4. The van der Waals surface area contributed by atoms with Gasteiger partial charge < -0.3 is 10.6 Å². The number of para-hydroxylation sites is 2. The minimum absolute atomic E-state index is 0.0432. The molecular weight excluding hydrogens is 346 g/mol. The van der Waals surface area contributed by atoms with Crippen LogP contribution in [0.4, 0.5) is 11.4 Å². The molecule has 1 fully saturated rings. The van der Waals surface area contributed by atoms with Gasteiger partial charge in [-0.15, -0.1) is 0 Å². The minimum Gasteiger partial charge on any atom is -0.358 e. The SMILES string of the molecule is C[C@@H]1CCCC[C@H]1NC(=S)NNC(=S)Nc1ccccc1[N+](=O)[O-]. The number of nitro groups is 1. The van der Waals surface area contributed by atoms with Gasteiger partial charge in [-0.3, -0.25) is 21.0 Å². The predicted octanol–water partition coefficient (Wildman–Crippen LogP) is 2.84. The molecule has 0 radical (unpaired) electrons. The summed E-state index contributed by atoms with van der Waals surface area (Å²) in [5.74, 6) is 0.579. The van der Waals surface area contributed by atoms with Crippen LogP contribution in [-0.2, 0) is 0 Å². The Kier molecular flexibility index (Phi) is 6.68. The van der Waals surface area contributed by atoms with E-state index in [0.29, 0.717) is 22.8 Å². The van der Waals surface area contributed by atoms with Crippen molar-refractivity contribution in [2.24, 2.45) is 5.92 Å². The lowest BCUT2D eigenvalue weighted by Gasteiger charge is -2.30. The highest BCUT2D eigenvalue weighted by Crippen LogP contribution is 2.24. The second-order valence-electron chi connectivity index (χ2n) is 5.82. The monoisotopic (exact) mass is 367 g/mol. The fraction of sp³-hybridized carbons (Fsp3) is 0.467. The molecule has 1 saturated carbocycles. The molecule has 1 aromatic carbocycles. The Morgan fingerprint density at radius 1 is 1.17 bits per heavy atom. The highest BCUT2D eigenvalue weighted by Gasteiger charge is 2.21. The van der Waals surface area contributed by atoms with E-state index in [9.17, 15) is 10.1 Å². The normalized spacial score (nSPS) is 19.9. The molecule has 1 aromatic rings. The summed E-state index contributed by atoms with van der Waals surface area (Å²) >= 11 is 10.4. The summed E-state index contributed by atoms with van der Waals surface area (Å²) < 4.78 is 0. The van der Waals surface area contributed by atoms with Crippen molar-refractivity contribution in [3.05, 3.63) is 34.4 Å². The molecule has 2 rings (SSSR count). The third-order valence-electron chi connectivity index (χ3n) is 4.07. The van der Waals surface area contributed by atoms with E-state index in [1.807, 2.05) is 0 Å². The van der Waals surface area contributed by atoms with Gasteiger partial charge >= 0.3 is 0 Å². The molecule has 130 valence electrons. The number of benzene rings is 1. The molecule has 0 bridgehead atoms. The maximum Gasteiger partial charge on any atom is 0.292 e. The molecule has 0 aliphatic heterocycles. The van der Waals surface area contributed by atoms with Crippen molar-refractivity contribution in [3.8, 4) is 0 Å². The zero-order valence-electron chi connectivity index (χ0n) is 13.4. The first-order valence-corrected chi connectivity index (χ1v) is 8.66. The van der Waals surface area contributed by atoms with Crippen LogP contribution < -0.4 is 21.5 Å². The Balaban J connectivity index is 1.81. The van der Waals surface area contributed by atoms with E-state index in [1.165, 1.54) is 25.3 Å². The first kappa shape index (κ1) is 18.3. The van der Waals surface area contributed by atoms with Gasteiger partial charge in [0.05, 0.1) is 4.92 Å². The van der Waals surface area contributed by atoms with Gasteiger partial charge in [-0.2, -0.15) is 0 Å². The fourth-order valence-corrected chi connectivity index (χ4v) is 3.10. The first-order chi connectivity index (χ1) is 11.5. The zero-order chi connectivity index (χ0) is 17.5. The number of nitro benzene ring substituents is 1. The van der Waals surface area contributed by atoms with Crippen molar-refractivity contribution in [3.63, 3.8) is 0 Å². The molecule has 0 spiro atoms. The van der Waals surface area contributed by atoms with E-state index >= 15 is 0 Å². The van der Waals surface area contributed by atoms with Gasteiger partial charge in [-0.05, 0) is 49.3 Å². The maximum absolute atomic E-state index is 11.0. The van der Waals surface area contributed by atoms with Gasteiger partial charge in [-0.1, -0.05) is 31.9 Å². The number of hydrogen-bond acceptors (Lipinski definition) is 4. The van der Waals surface area contributed by atoms with Crippen LogP contribution >= 0.6 is 24.4 Å². The number of thiocarbonyl (C=S) groups is 2. The average molecular weight is 368 g/mol. The van der Waals surface area contributed by atoms with Crippen LogP contribution in [0.15, 0.2) is 24.3 Å². The van der Waals surface area contributed by atoms with Gasteiger partial charge in [0.2, 0.25) is 0 Å². The average Bonchev–Trinajstić information content (AvgIpc) is 2.55. The van der Waals surface area contributed by atoms with E-state index in [1.54, 1.807) is 18.2 Å². The second-order valence-corrected chi connectivity index (χ2v) is 6.64. The Morgan fingerprint density at radius 2 is 1.83 bits per heavy atom. The van der Waals surface area contributed by atoms with Gasteiger partial charge in [-0.25, -0.2) is 0 Å². The lowest BCUT2D eigenvalue weighted by molar-refractivity contribution is -0.383. The Morgan fingerprint density at radius 3 is 2.54 bits per heavy atom. The molecule has 1 aliphatic carbocycles. The molecule has 9 heteroatoms. The lowest BCUT2D eigenvalue weighted by Crippen LogP contribution is -2.52. The minimum atomic E-state index is -0.463. The standard InChI is InChI=1S/C15H21N5O2S2/c1-10-6-2-3-7-11(10)16-14(23)18-19-15(24)17-12-8-4-5-9-13(12)20(21)22/h4-5,8-11H,2-3,6-7H2,1H3,(H2,16,18,23)(H2,17,19,24)/t10-,11-/m1/s1. The summed E-state index contributed by atoms with van der Waals surface area (Å²) in [7, 11) is 0. The van der Waals surface area contributed by atoms with Gasteiger partial charge in [0.25, 0.3) is 5.69 Å². The van der Waals surface area contributed by atoms with Gasteiger partial charge in [0.1, 0.15) is 5.69 Å². The summed E-state index contributed by atoms with van der Waals surface area (Å²) in [5, 5.41) is 17.7. The van der Waals surface area contributed by atoms with Crippen LogP contribution in [0.5, 0.6) is 0 Å². The summed E-state index contributed by atoms with van der Waals surface area (Å²) in [5.41, 5.74) is 5.84. The number of nitrogens with zero attached hydrogens (tertiary/aromatic N) is 1. The highest BCUT2D eigenvalue weighted by atomic mass is 32.1. The topological polar surface area (TPSA) is 91.3 Å². The van der Waals surface area contributed by atoms with Crippen molar-refractivity contribution < 1.29 is 4.92 Å². The fourth-order valence-electron chi connectivity index (χ4n) is 2.74. The maximum atomic E-state index is 11.0. The summed E-state index contributed by atoms with van der Waals surface area (Å²) in [4.78, 5) is 10.5. The Labute approximate surface area is 151 Å². The molecule has 0 heterocycles. The molecule has 0 aromatic heterocycles. The van der Waals surface area contributed by atoms with E-state index in [-0.39, 0.29) is 10.8 Å². The largest absolute Gasteiger partial charge is 0.358 e. The lowest BCUT2D eigenvalue weighted by atomic mass is 9.86. The number of nitrogens with one attached hydrogen (secondary N) is 4. The van der Waals surface area contributed by atoms with Gasteiger partial charge in [0.15, 0.2) is 10.2 Å². The van der Waals surface area contributed by atoms with Crippen LogP contribution in [0.2, 0.25) is 0 Å². The van der Waals surface area contributed by atoms with E-state index in [0.717, 1.165) is 6.42 Å². The smallest absolute Gasteiger partial charge is 0.292 e. The second kappa shape index (κ2) is 8.74. The molecule has 7 nitrogen and oxygen atoms in total. The van der Waals surface area contributed by atoms with Crippen LogP contribution in [0.1, 0.15) is 32.6 Å². The molecule has 1 aliphatic rings. The van der Waals surface area contributed by atoms with Crippen LogP contribution in [0.25, 0.3) is 0 Å². The first-order valence-electron chi connectivity index (χ1n) is 7.84. The van der Waals surface area contributed by atoms with Crippen LogP contribution in [0.3, 0.4) is 0 Å². The zero-order valence-corrected chi connectivity index (χ0v) is 15.0. The quantitative estimate of drug-likeness (QED) is 0.368. The summed E-state index contributed by atoms with van der Waals surface area (Å²) in [6.07, 6.45) is 4.77. The predicted molar refractivity (Wildman–Crippen MR) is 103 cm³/mol. The van der Waals surface area contributed by atoms with E-state index in [2.05, 4.69) is 28.4 Å². The van der Waals surface area contributed by atoms with E-state index < -0.39 is 4.92 Å². The third-order valence-corrected chi connectivity index (χ3v) is 4.49. The van der Waals surface area contributed by atoms with Crippen LogP contribution in [0, 0.1) is 16.0 Å². The molecule has 24 heavy (non-hydrogen) atoms. The molecule has 0 unspecified atom stereocenters. The number of anilines is 1. The highest BCUT2D eigenvalue weighted by molar-refractivity contribution is 7.80. The number of rotatable bonds is 3. The van der Waals surface area contributed by atoms with Crippen molar-refractivity contribution >= 4 is 46.0 Å².